The number of aromatic nitrogens is 1. The number of para-hydroxylation sites is 1. The monoisotopic (exact) mass is 621 g/mol. The van der Waals surface area contributed by atoms with Crippen LogP contribution in [-0.4, -0.2) is 102 Å². The van der Waals surface area contributed by atoms with E-state index in [4.69, 9.17) is 14.2 Å². The van der Waals surface area contributed by atoms with E-state index in [2.05, 4.69) is 39.0 Å². The number of carbonyl (C=O) groups excluding carboxylic acids is 2. The number of nitrogens with zero attached hydrogens (tertiary/aromatic N) is 4. The van der Waals surface area contributed by atoms with Crippen LogP contribution in [0.15, 0.2) is 66.7 Å². The Morgan fingerprint density at radius 2 is 1.87 bits per heavy atom. The van der Waals surface area contributed by atoms with Crippen LogP contribution < -0.4 is 14.2 Å². The Labute approximate surface area is 268 Å². The second-order valence-corrected chi connectivity index (χ2v) is 13.0. The van der Waals surface area contributed by atoms with E-state index >= 15 is 0 Å². The fourth-order valence-corrected chi connectivity index (χ4v) is 7.57. The number of ether oxygens (including phenoxy) is 3. The standard InChI is InChI=1S/C36H39N5O5/c1-38(2)14-15-44-26-7-5-6-23(16-26)19-39-13-12-25(20-39)40-21-33(42)41-30(36(40)43)18-28-27-8-3-4-9-29(27)37-34(28)35(41)24-10-11-31-32(17-24)46-22-45-31/h3-11,16-17,25,30,35,37H,12-15,18-22H2,1-2H3/t25-,30+,35+/m0/s1. The molecule has 0 radical (unpaired) electrons. The van der Waals surface area contributed by atoms with Crippen molar-refractivity contribution in [1.29, 1.82) is 0 Å². The number of H-pyrrole nitrogens is 1. The molecule has 2 amide bonds. The van der Waals surface area contributed by atoms with E-state index in [0.29, 0.717) is 24.5 Å². The van der Waals surface area contributed by atoms with Gasteiger partial charge in [0.2, 0.25) is 18.6 Å². The van der Waals surface area contributed by atoms with Crippen LogP contribution in [0, 0.1) is 0 Å². The highest BCUT2D eigenvalue weighted by Crippen LogP contribution is 2.45. The van der Waals surface area contributed by atoms with E-state index < -0.39 is 12.1 Å². The summed E-state index contributed by atoms with van der Waals surface area (Å²) in [6.07, 6.45) is 1.33. The summed E-state index contributed by atoms with van der Waals surface area (Å²) in [6.45, 7) is 4.14. The van der Waals surface area contributed by atoms with Gasteiger partial charge >= 0.3 is 0 Å². The Balaban J connectivity index is 1.04. The summed E-state index contributed by atoms with van der Waals surface area (Å²) in [5.74, 6) is 2.22. The first-order valence-corrected chi connectivity index (χ1v) is 16.1. The van der Waals surface area contributed by atoms with E-state index in [1.54, 1.807) is 0 Å². The third-order valence-electron chi connectivity index (χ3n) is 9.81. The fourth-order valence-electron chi connectivity index (χ4n) is 7.57. The molecule has 3 aromatic carbocycles. The summed E-state index contributed by atoms with van der Waals surface area (Å²) >= 11 is 0. The van der Waals surface area contributed by atoms with Gasteiger partial charge in [-0.1, -0.05) is 36.4 Å². The van der Waals surface area contributed by atoms with Crippen LogP contribution in [0.4, 0.5) is 0 Å². The smallest absolute Gasteiger partial charge is 0.246 e. The van der Waals surface area contributed by atoms with Crippen molar-refractivity contribution < 1.29 is 23.8 Å². The van der Waals surface area contributed by atoms with E-state index in [1.165, 1.54) is 5.56 Å². The van der Waals surface area contributed by atoms with Crippen molar-refractivity contribution >= 4 is 22.7 Å². The first-order valence-electron chi connectivity index (χ1n) is 16.1. The lowest BCUT2D eigenvalue weighted by molar-refractivity contribution is -0.160. The second-order valence-electron chi connectivity index (χ2n) is 13.0. The maximum absolute atomic E-state index is 14.4. The Hall–Kier alpha value is -4.54. The van der Waals surface area contributed by atoms with Crippen LogP contribution in [0.2, 0.25) is 0 Å². The minimum atomic E-state index is -0.576. The molecule has 2 fully saturated rings. The molecule has 4 aliphatic rings. The van der Waals surface area contributed by atoms with Gasteiger partial charge in [-0.25, -0.2) is 0 Å². The zero-order valence-corrected chi connectivity index (χ0v) is 26.3. The van der Waals surface area contributed by atoms with Crippen molar-refractivity contribution in [1.82, 2.24) is 24.6 Å². The molecule has 10 nitrogen and oxygen atoms in total. The molecule has 10 heteroatoms. The molecule has 4 aliphatic heterocycles. The molecule has 0 unspecified atom stereocenters. The van der Waals surface area contributed by atoms with Gasteiger partial charge < -0.3 is 33.9 Å². The maximum Gasteiger partial charge on any atom is 0.246 e. The summed E-state index contributed by atoms with van der Waals surface area (Å²) in [6, 6.07) is 21.3. The summed E-state index contributed by atoms with van der Waals surface area (Å²) < 4.78 is 17.2. The van der Waals surface area contributed by atoms with Crippen molar-refractivity contribution in [2.75, 3.05) is 53.7 Å². The molecule has 2 saturated heterocycles. The molecular formula is C36H39N5O5. The van der Waals surface area contributed by atoms with Gasteiger partial charge in [0.1, 0.15) is 24.9 Å². The molecule has 1 aromatic heterocycles. The summed E-state index contributed by atoms with van der Waals surface area (Å²) in [7, 11) is 4.07. The molecule has 0 saturated carbocycles. The van der Waals surface area contributed by atoms with Gasteiger partial charge in [-0.05, 0) is 67.5 Å². The number of amides is 2. The number of carbonyl (C=O) groups is 2. The number of rotatable bonds is 8. The van der Waals surface area contributed by atoms with Crippen molar-refractivity contribution in [3.05, 3.63) is 89.1 Å². The summed E-state index contributed by atoms with van der Waals surface area (Å²) in [4.78, 5) is 40.3. The maximum atomic E-state index is 14.4. The molecule has 46 heavy (non-hydrogen) atoms. The average Bonchev–Trinajstić information content (AvgIpc) is 3.80. The lowest BCUT2D eigenvalue weighted by atomic mass is 9.85. The van der Waals surface area contributed by atoms with Crippen LogP contribution in [-0.2, 0) is 22.6 Å². The Bertz CT molecular complexity index is 1800. The highest BCUT2D eigenvalue weighted by molar-refractivity contribution is 5.98. The number of benzene rings is 3. The number of likely N-dealkylation sites (N-methyl/N-ethyl adjacent to an activating group) is 1. The molecule has 1 N–H and O–H groups in total. The van der Waals surface area contributed by atoms with Crippen LogP contribution in [0.3, 0.4) is 0 Å². The van der Waals surface area contributed by atoms with Crippen LogP contribution >= 0.6 is 0 Å². The highest BCUT2D eigenvalue weighted by Gasteiger charge is 2.50. The largest absolute Gasteiger partial charge is 0.492 e. The van der Waals surface area contributed by atoms with Gasteiger partial charge in [0.15, 0.2) is 11.5 Å². The highest BCUT2D eigenvalue weighted by atomic mass is 16.7. The van der Waals surface area contributed by atoms with Crippen LogP contribution in [0.5, 0.6) is 17.2 Å². The van der Waals surface area contributed by atoms with Gasteiger partial charge in [0, 0.05) is 55.2 Å². The zero-order valence-electron chi connectivity index (χ0n) is 26.3. The van der Waals surface area contributed by atoms with Crippen molar-refractivity contribution in [2.24, 2.45) is 0 Å². The van der Waals surface area contributed by atoms with Gasteiger partial charge in [0.25, 0.3) is 0 Å². The van der Waals surface area contributed by atoms with E-state index in [1.807, 2.05) is 66.4 Å². The predicted molar refractivity (Wildman–Crippen MR) is 173 cm³/mol. The quantitative estimate of drug-likeness (QED) is 0.320. The number of hydrogen-bond donors (Lipinski definition) is 1. The molecule has 0 spiro atoms. The number of likely N-dealkylation sites (tertiary alicyclic amines) is 1. The van der Waals surface area contributed by atoms with E-state index in [0.717, 1.165) is 66.1 Å². The van der Waals surface area contributed by atoms with Gasteiger partial charge in [-0.2, -0.15) is 0 Å². The fraction of sp³-hybridized carbons (Fsp3) is 0.389. The van der Waals surface area contributed by atoms with Gasteiger partial charge in [-0.15, -0.1) is 0 Å². The summed E-state index contributed by atoms with van der Waals surface area (Å²) in [5, 5.41) is 1.10. The number of hydrogen-bond acceptors (Lipinski definition) is 7. The topological polar surface area (TPSA) is 90.6 Å². The Kier molecular flexibility index (Phi) is 7.33. The van der Waals surface area contributed by atoms with Crippen molar-refractivity contribution in [2.45, 2.75) is 37.5 Å². The third kappa shape index (κ3) is 5.15. The number of piperazine rings is 1. The summed E-state index contributed by atoms with van der Waals surface area (Å²) in [5.41, 5.74) is 5.15. The zero-order chi connectivity index (χ0) is 31.4. The average molecular weight is 622 g/mol. The van der Waals surface area contributed by atoms with Gasteiger partial charge in [-0.3, -0.25) is 14.5 Å². The normalized spacial score (nSPS) is 22.5. The van der Waals surface area contributed by atoms with E-state index in [-0.39, 0.29) is 31.2 Å². The van der Waals surface area contributed by atoms with E-state index in [9.17, 15) is 9.59 Å². The number of aromatic amines is 1. The molecule has 0 aliphatic carbocycles. The lowest BCUT2D eigenvalue weighted by Crippen LogP contribution is -2.65. The Morgan fingerprint density at radius 3 is 2.76 bits per heavy atom. The molecule has 8 rings (SSSR count). The Morgan fingerprint density at radius 1 is 1.00 bits per heavy atom. The SMILES string of the molecule is CN(C)CCOc1cccc(CN2CC[C@H](N3CC(=O)N4[C@H](c5ccc6c(c5)OCO6)c5[nH]c6ccccc6c5C[C@@H]4C3=O)C2)c1. The third-order valence-corrected chi connectivity index (χ3v) is 9.81. The first-order chi connectivity index (χ1) is 22.4. The molecule has 4 aromatic rings. The molecule has 0 bridgehead atoms. The van der Waals surface area contributed by atoms with Crippen molar-refractivity contribution in [3.8, 4) is 17.2 Å². The minimum absolute atomic E-state index is 0.00789. The van der Waals surface area contributed by atoms with Crippen molar-refractivity contribution in [3.63, 3.8) is 0 Å². The molecular weight excluding hydrogens is 582 g/mol. The first kappa shape index (κ1) is 28.9. The predicted octanol–water partition coefficient (Wildman–Crippen LogP) is 3.80. The van der Waals surface area contributed by atoms with Gasteiger partial charge in [0.05, 0.1) is 6.04 Å². The second kappa shape index (κ2) is 11.7. The molecule has 3 atom stereocenters. The minimum Gasteiger partial charge on any atom is -0.492 e. The molecule has 238 valence electrons. The lowest BCUT2D eigenvalue weighted by Gasteiger charge is -2.48. The molecule has 5 heterocycles. The number of fused-ring (bicyclic) bond motifs is 5. The van der Waals surface area contributed by atoms with Crippen LogP contribution in [0.1, 0.15) is 34.8 Å². The number of nitrogens with one attached hydrogen (secondary N) is 1. The van der Waals surface area contributed by atoms with Crippen LogP contribution in [0.25, 0.3) is 10.9 Å².